The van der Waals surface area contributed by atoms with E-state index >= 15 is 0 Å². The average molecular weight is 499 g/mol. The van der Waals surface area contributed by atoms with Crippen LogP contribution < -0.4 is 4.74 Å². The van der Waals surface area contributed by atoms with Crippen LogP contribution in [-0.4, -0.2) is 45.6 Å². The van der Waals surface area contributed by atoms with Gasteiger partial charge in [-0.3, -0.25) is 19.4 Å². The van der Waals surface area contributed by atoms with E-state index in [2.05, 4.69) is 18.0 Å². The van der Waals surface area contributed by atoms with Crippen LogP contribution >= 0.6 is 11.8 Å². The molecule has 2 aromatic rings. The number of hydrogen-bond acceptors (Lipinski definition) is 7. The van der Waals surface area contributed by atoms with E-state index in [1.54, 1.807) is 6.92 Å². The van der Waals surface area contributed by atoms with Crippen LogP contribution in [0.25, 0.3) is 0 Å². The number of pyridine rings is 1. The van der Waals surface area contributed by atoms with Crippen LogP contribution in [0, 0.1) is 11.8 Å². The highest BCUT2D eigenvalue weighted by Crippen LogP contribution is 2.30. The van der Waals surface area contributed by atoms with Crippen molar-refractivity contribution in [2.45, 2.75) is 58.6 Å². The van der Waals surface area contributed by atoms with E-state index in [0.717, 1.165) is 46.5 Å². The summed E-state index contributed by atoms with van der Waals surface area (Å²) in [6, 6.07) is 11.6. The van der Waals surface area contributed by atoms with Crippen LogP contribution in [0.1, 0.15) is 50.9 Å². The summed E-state index contributed by atoms with van der Waals surface area (Å²) in [6.07, 6.45) is 4.70. The van der Waals surface area contributed by atoms with E-state index < -0.39 is 11.2 Å². The topological polar surface area (TPSA) is 85.8 Å². The third-order valence-corrected chi connectivity index (χ3v) is 6.91. The van der Waals surface area contributed by atoms with E-state index in [1.165, 1.54) is 5.56 Å². The molecule has 2 atom stereocenters. The third-order valence-electron chi connectivity index (χ3n) is 5.83. The summed E-state index contributed by atoms with van der Waals surface area (Å²) in [5.41, 5.74) is 3.13. The van der Waals surface area contributed by atoms with Crippen LogP contribution in [0.3, 0.4) is 0 Å². The Kier molecular flexibility index (Phi) is 9.72. The zero-order valence-electron chi connectivity index (χ0n) is 20.9. The van der Waals surface area contributed by atoms with Crippen LogP contribution in [0.2, 0.25) is 0 Å². The predicted octanol–water partition coefficient (Wildman–Crippen LogP) is 5.05. The highest BCUT2D eigenvalue weighted by molar-refractivity contribution is 8.15. The Labute approximate surface area is 211 Å². The molecule has 1 aliphatic heterocycles. The number of hydrogen-bond donors (Lipinski definition) is 0. The predicted molar refractivity (Wildman–Crippen MR) is 136 cm³/mol. The van der Waals surface area contributed by atoms with E-state index in [4.69, 9.17) is 9.47 Å². The van der Waals surface area contributed by atoms with Gasteiger partial charge in [0.25, 0.3) is 5.24 Å². The van der Waals surface area contributed by atoms with Crippen LogP contribution in [0.5, 0.6) is 5.75 Å². The van der Waals surface area contributed by atoms with Crippen molar-refractivity contribution in [3.63, 3.8) is 0 Å². The molecule has 8 heteroatoms. The fourth-order valence-corrected chi connectivity index (χ4v) is 4.86. The second-order valence-electron chi connectivity index (χ2n) is 9.22. The molecule has 35 heavy (non-hydrogen) atoms. The molecule has 2 amide bonds. The van der Waals surface area contributed by atoms with Gasteiger partial charge in [-0.1, -0.05) is 57.7 Å². The van der Waals surface area contributed by atoms with Crippen molar-refractivity contribution in [1.82, 2.24) is 9.88 Å². The van der Waals surface area contributed by atoms with Crippen molar-refractivity contribution in [3.8, 4) is 5.75 Å². The first-order valence-electron chi connectivity index (χ1n) is 12.1. The number of carbonyl (C=O) groups is 3. The van der Waals surface area contributed by atoms with E-state index in [-0.39, 0.29) is 23.8 Å². The van der Waals surface area contributed by atoms with Gasteiger partial charge in [-0.25, -0.2) is 4.90 Å². The zero-order chi connectivity index (χ0) is 25.4. The number of imide groups is 1. The molecule has 0 aliphatic carbocycles. The Morgan fingerprint density at radius 3 is 2.43 bits per heavy atom. The monoisotopic (exact) mass is 498 g/mol. The molecule has 0 radical (unpaired) electrons. The third kappa shape index (κ3) is 7.82. The summed E-state index contributed by atoms with van der Waals surface area (Å²) in [5.74, 6) is 0.108. The van der Waals surface area contributed by atoms with E-state index in [1.807, 2.05) is 50.4 Å². The van der Waals surface area contributed by atoms with Crippen molar-refractivity contribution in [2.24, 2.45) is 11.8 Å². The molecule has 0 spiro atoms. The quantitative estimate of drug-likeness (QED) is 0.378. The first kappa shape index (κ1) is 26.7. The highest BCUT2D eigenvalue weighted by Gasteiger charge is 2.40. The van der Waals surface area contributed by atoms with Crippen molar-refractivity contribution in [2.75, 3.05) is 13.3 Å². The molecular weight excluding hydrogens is 464 g/mol. The van der Waals surface area contributed by atoms with Crippen LogP contribution in [0.15, 0.2) is 42.6 Å². The summed E-state index contributed by atoms with van der Waals surface area (Å²) in [5, 5.41) is -0.914. The van der Waals surface area contributed by atoms with Crippen molar-refractivity contribution in [1.29, 1.82) is 0 Å². The SMILES string of the molecule is CCc1ccc(CCOc2ccc(CC3SC(=O)N(COC(=O)C(C)CC(C)C)C3=O)cc2)nc1. The number of aromatic nitrogens is 1. The number of esters is 1. The number of aryl methyl sites for hydroxylation is 1. The Hall–Kier alpha value is -2.87. The van der Waals surface area contributed by atoms with Gasteiger partial charge >= 0.3 is 5.97 Å². The lowest BCUT2D eigenvalue weighted by Gasteiger charge is -2.17. The molecule has 7 nitrogen and oxygen atoms in total. The first-order chi connectivity index (χ1) is 16.8. The van der Waals surface area contributed by atoms with E-state index in [0.29, 0.717) is 25.4 Å². The normalized spacial score (nSPS) is 16.6. The summed E-state index contributed by atoms with van der Waals surface area (Å²) in [7, 11) is 0. The number of nitrogens with zero attached hydrogens (tertiary/aromatic N) is 2. The Morgan fingerprint density at radius 1 is 1.09 bits per heavy atom. The van der Waals surface area contributed by atoms with Gasteiger partial charge in [0.05, 0.1) is 17.8 Å². The molecule has 2 heterocycles. The molecule has 1 saturated heterocycles. The van der Waals surface area contributed by atoms with Gasteiger partial charge in [-0.05, 0) is 54.5 Å². The van der Waals surface area contributed by atoms with Gasteiger partial charge in [0, 0.05) is 18.3 Å². The lowest BCUT2D eigenvalue weighted by Crippen LogP contribution is -2.35. The molecule has 0 saturated carbocycles. The second kappa shape index (κ2) is 12.7. The smallest absolute Gasteiger partial charge is 0.310 e. The maximum absolute atomic E-state index is 12.7. The van der Waals surface area contributed by atoms with Crippen molar-refractivity contribution < 1.29 is 23.9 Å². The standard InChI is InChI=1S/C27H34N2O5S/c1-5-20-6-9-22(28-16-20)12-13-33-23-10-7-21(8-11-23)15-24-25(30)29(27(32)35-24)17-34-26(31)19(4)14-18(2)3/h6-11,16,18-19,24H,5,12-15,17H2,1-4H3. The second-order valence-corrected chi connectivity index (χ2v) is 10.4. The molecule has 188 valence electrons. The fourth-order valence-electron chi connectivity index (χ4n) is 3.84. The number of amides is 2. The largest absolute Gasteiger partial charge is 0.493 e. The molecule has 1 aromatic carbocycles. The Bertz CT molecular complexity index is 1010. The lowest BCUT2D eigenvalue weighted by molar-refractivity contribution is -0.153. The molecule has 0 N–H and O–H groups in total. The molecule has 3 rings (SSSR count). The van der Waals surface area contributed by atoms with Crippen molar-refractivity contribution >= 4 is 28.9 Å². The van der Waals surface area contributed by atoms with E-state index in [9.17, 15) is 14.4 Å². The number of carbonyl (C=O) groups excluding carboxylic acids is 3. The Morgan fingerprint density at radius 2 is 1.80 bits per heavy atom. The average Bonchev–Trinajstić information content (AvgIpc) is 3.10. The lowest BCUT2D eigenvalue weighted by atomic mass is 9.99. The zero-order valence-corrected chi connectivity index (χ0v) is 21.7. The maximum Gasteiger partial charge on any atom is 0.310 e. The van der Waals surface area contributed by atoms with Gasteiger partial charge in [-0.15, -0.1) is 0 Å². The molecule has 1 aromatic heterocycles. The van der Waals surface area contributed by atoms with Gasteiger partial charge in [0.2, 0.25) is 5.91 Å². The fraction of sp³-hybridized carbons (Fsp3) is 0.481. The Balaban J connectivity index is 1.45. The highest BCUT2D eigenvalue weighted by atomic mass is 32.2. The minimum Gasteiger partial charge on any atom is -0.493 e. The van der Waals surface area contributed by atoms with Gasteiger partial charge < -0.3 is 9.47 Å². The minimum absolute atomic E-state index is 0.273. The van der Waals surface area contributed by atoms with Gasteiger partial charge in [0.15, 0.2) is 6.73 Å². The summed E-state index contributed by atoms with van der Waals surface area (Å²) < 4.78 is 11.1. The van der Waals surface area contributed by atoms with Gasteiger partial charge in [-0.2, -0.15) is 0 Å². The summed E-state index contributed by atoms with van der Waals surface area (Å²) >= 11 is 0.974. The molecule has 2 unspecified atom stereocenters. The molecule has 0 bridgehead atoms. The van der Waals surface area contributed by atoms with Crippen molar-refractivity contribution in [3.05, 3.63) is 59.4 Å². The molecule has 1 aliphatic rings. The maximum atomic E-state index is 12.7. The number of thioether (sulfide) groups is 1. The number of ether oxygens (including phenoxy) is 2. The molecular formula is C27H34N2O5S. The first-order valence-corrected chi connectivity index (χ1v) is 13.0. The summed E-state index contributed by atoms with van der Waals surface area (Å²) in [4.78, 5) is 42.7. The van der Waals surface area contributed by atoms with Gasteiger partial charge in [0.1, 0.15) is 5.75 Å². The van der Waals surface area contributed by atoms with Crippen LogP contribution in [-0.2, 0) is 33.6 Å². The minimum atomic E-state index is -0.529. The molecule has 1 fully saturated rings. The summed E-state index contributed by atoms with van der Waals surface area (Å²) in [6.45, 7) is 8.15. The van der Waals surface area contributed by atoms with Crippen LogP contribution in [0.4, 0.5) is 4.79 Å². The number of benzene rings is 1. The number of rotatable bonds is 12.